The summed E-state index contributed by atoms with van der Waals surface area (Å²) in [5.74, 6) is 1.15. The molecule has 0 amide bonds. The molecule has 4 rings (SSSR count). The molecule has 3 N–H and O–H groups in total. The first-order chi connectivity index (χ1) is 14.2. The molecule has 0 fully saturated rings. The Hall–Kier alpha value is -3.09. The van der Waals surface area contributed by atoms with Gasteiger partial charge in [-0.15, -0.1) is 0 Å². The van der Waals surface area contributed by atoms with Crippen LogP contribution in [0.25, 0.3) is 21.8 Å². The third-order valence-corrected chi connectivity index (χ3v) is 4.53. The lowest BCUT2D eigenvalue weighted by molar-refractivity contribution is 0.399. The topological polar surface area (TPSA) is 82.3 Å². The number of benzene rings is 2. The largest absolute Gasteiger partial charge is 0.481 e. The molecule has 6 nitrogen and oxygen atoms in total. The van der Waals surface area contributed by atoms with Crippen LogP contribution in [0.5, 0.6) is 11.8 Å². The van der Waals surface area contributed by atoms with Crippen LogP contribution in [-0.4, -0.2) is 37.3 Å². The number of hydrogen-bond acceptors (Lipinski definition) is 6. The van der Waals surface area contributed by atoms with E-state index in [0.29, 0.717) is 23.3 Å². The number of hydrogen-bond donors (Lipinski definition) is 2. The van der Waals surface area contributed by atoms with Gasteiger partial charge in [0.2, 0.25) is 11.8 Å². The summed E-state index contributed by atoms with van der Waals surface area (Å²) in [7, 11) is 3.19. The minimum atomic E-state index is 0.545. The number of ether oxygens (including phenoxy) is 2. The molecule has 0 bridgehead atoms. The van der Waals surface area contributed by atoms with E-state index in [1.54, 1.807) is 20.3 Å². The van der Waals surface area contributed by atoms with Crippen molar-refractivity contribution in [3.63, 3.8) is 0 Å². The van der Waals surface area contributed by atoms with Crippen molar-refractivity contribution in [3.05, 3.63) is 65.7 Å². The Kier molecular flexibility index (Phi) is 7.05. The first-order valence-electron chi connectivity index (χ1n) is 9.13. The maximum Gasteiger partial charge on any atom is 0.215 e. The van der Waals surface area contributed by atoms with Gasteiger partial charge in [-0.05, 0) is 12.1 Å². The molecule has 0 atom stereocenters. The normalized spacial score (nSPS) is 10.3. The smallest absolute Gasteiger partial charge is 0.215 e. The van der Waals surface area contributed by atoms with Gasteiger partial charge < -0.3 is 20.5 Å². The van der Waals surface area contributed by atoms with Crippen molar-refractivity contribution in [1.82, 2.24) is 9.97 Å². The summed E-state index contributed by atoms with van der Waals surface area (Å²) in [6.07, 6.45) is 0. The molecule has 0 spiro atoms. The number of nitrogens with one attached hydrogen (secondary N) is 1. The highest BCUT2D eigenvalue weighted by atomic mass is 35.5. The number of aromatic nitrogens is 2. The standard InChI is InChI=1S/C12H15N3O.C10H8ClNO/c1-16-12-8-11(14-7-6-13)9-4-2-3-5-10(9)15-12;1-13-10-6-8(11)7-4-2-3-5-9(7)12-10/h2-5,8H,6-7,13H2,1H3,(H,14,15);2-6H,1H3. The van der Waals surface area contributed by atoms with Crippen molar-refractivity contribution >= 4 is 39.1 Å². The van der Waals surface area contributed by atoms with Crippen LogP contribution in [0, 0.1) is 0 Å². The summed E-state index contributed by atoms with van der Waals surface area (Å²) in [6, 6.07) is 19.2. The van der Waals surface area contributed by atoms with E-state index in [-0.39, 0.29) is 0 Å². The summed E-state index contributed by atoms with van der Waals surface area (Å²) in [6.45, 7) is 1.33. The lowest BCUT2D eigenvalue weighted by Gasteiger charge is -2.10. The van der Waals surface area contributed by atoms with Crippen LogP contribution in [0.3, 0.4) is 0 Å². The molecular weight excluding hydrogens is 388 g/mol. The zero-order chi connectivity index (χ0) is 20.6. The number of methoxy groups -OCH3 is 2. The van der Waals surface area contributed by atoms with Crippen LogP contribution in [0.2, 0.25) is 5.02 Å². The van der Waals surface area contributed by atoms with E-state index in [2.05, 4.69) is 15.3 Å². The van der Waals surface area contributed by atoms with Crippen LogP contribution in [-0.2, 0) is 0 Å². The van der Waals surface area contributed by atoms with Crippen LogP contribution in [0.1, 0.15) is 0 Å². The lowest BCUT2D eigenvalue weighted by Crippen LogP contribution is -2.13. The van der Waals surface area contributed by atoms with Gasteiger partial charge in [-0.25, -0.2) is 9.97 Å². The SMILES string of the molecule is COc1cc(Cl)c2ccccc2n1.COc1cc(NCCN)c2ccccc2n1. The van der Waals surface area contributed by atoms with Crippen LogP contribution >= 0.6 is 11.6 Å². The number of rotatable bonds is 5. The van der Waals surface area contributed by atoms with E-state index in [9.17, 15) is 0 Å². The van der Waals surface area contributed by atoms with E-state index < -0.39 is 0 Å². The van der Waals surface area contributed by atoms with Gasteiger partial charge in [-0.2, -0.15) is 0 Å². The monoisotopic (exact) mass is 410 g/mol. The fourth-order valence-electron chi connectivity index (χ4n) is 2.82. The first kappa shape index (κ1) is 20.6. The highest BCUT2D eigenvalue weighted by Crippen LogP contribution is 2.26. The number of para-hydroxylation sites is 2. The molecule has 7 heteroatoms. The quantitative estimate of drug-likeness (QED) is 0.503. The molecule has 150 valence electrons. The molecule has 0 unspecified atom stereocenters. The molecule has 0 aliphatic rings. The summed E-state index contributed by atoms with van der Waals surface area (Å²) < 4.78 is 10.2. The maximum atomic E-state index is 6.02. The molecule has 0 saturated heterocycles. The van der Waals surface area contributed by atoms with E-state index in [1.165, 1.54) is 0 Å². The Morgan fingerprint density at radius 3 is 2.03 bits per heavy atom. The molecule has 0 aliphatic heterocycles. The van der Waals surface area contributed by atoms with Crippen molar-refractivity contribution in [3.8, 4) is 11.8 Å². The van der Waals surface area contributed by atoms with E-state index >= 15 is 0 Å². The molecule has 0 radical (unpaired) electrons. The highest BCUT2D eigenvalue weighted by molar-refractivity contribution is 6.35. The van der Waals surface area contributed by atoms with Crippen molar-refractivity contribution in [2.24, 2.45) is 5.73 Å². The summed E-state index contributed by atoms with van der Waals surface area (Å²) in [5, 5.41) is 5.97. The fraction of sp³-hybridized carbons (Fsp3) is 0.182. The number of nitrogens with two attached hydrogens (primary N) is 1. The summed E-state index contributed by atoms with van der Waals surface area (Å²) >= 11 is 6.02. The molecule has 0 aliphatic carbocycles. The van der Waals surface area contributed by atoms with Crippen molar-refractivity contribution in [2.75, 3.05) is 32.6 Å². The molecule has 2 aromatic heterocycles. The van der Waals surface area contributed by atoms with Crippen LogP contribution in [0.15, 0.2) is 60.7 Å². The zero-order valence-corrected chi connectivity index (χ0v) is 17.1. The average Bonchev–Trinajstić information content (AvgIpc) is 2.77. The third-order valence-electron chi connectivity index (χ3n) is 4.21. The summed E-state index contributed by atoms with van der Waals surface area (Å²) in [4.78, 5) is 8.62. The number of anilines is 1. The Bertz CT molecular complexity index is 1100. The Morgan fingerprint density at radius 2 is 1.41 bits per heavy atom. The van der Waals surface area contributed by atoms with E-state index in [4.69, 9.17) is 26.8 Å². The van der Waals surface area contributed by atoms with Gasteiger partial charge in [-0.3, -0.25) is 0 Å². The first-order valence-corrected chi connectivity index (χ1v) is 9.51. The predicted octanol–water partition coefficient (Wildman–Crippen LogP) is 4.51. The van der Waals surface area contributed by atoms with Gasteiger partial charge in [0.25, 0.3) is 0 Å². The average molecular weight is 411 g/mol. The number of nitrogens with zero attached hydrogens (tertiary/aromatic N) is 2. The van der Waals surface area contributed by atoms with Gasteiger partial charge in [0.05, 0.1) is 30.3 Å². The molecular formula is C22H23ClN4O2. The zero-order valence-electron chi connectivity index (χ0n) is 16.4. The van der Waals surface area contributed by atoms with Gasteiger partial charge in [0, 0.05) is 41.7 Å². The molecule has 4 aromatic rings. The second-order valence-corrected chi connectivity index (χ2v) is 6.52. The van der Waals surface area contributed by atoms with Crippen molar-refractivity contribution < 1.29 is 9.47 Å². The van der Waals surface area contributed by atoms with Gasteiger partial charge in [0.1, 0.15) is 0 Å². The number of pyridine rings is 2. The van der Waals surface area contributed by atoms with E-state index in [1.807, 2.05) is 54.6 Å². The summed E-state index contributed by atoms with van der Waals surface area (Å²) in [5.41, 5.74) is 8.26. The third kappa shape index (κ3) is 5.04. The second-order valence-electron chi connectivity index (χ2n) is 6.11. The molecule has 29 heavy (non-hydrogen) atoms. The number of halogens is 1. The minimum absolute atomic E-state index is 0.545. The molecule has 2 aromatic carbocycles. The maximum absolute atomic E-state index is 6.02. The predicted molar refractivity (Wildman–Crippen MR) is 119 cm³/mol. The fourth-order valence-corrected chi connectivity index (χ4v) is 3.08. The van der Waals surface area contributed by atoms with Crippen LogP contribution < -0.4 is 20.5 Å². The lowest BCUT2D eigenvalue weighted by atomic mass is 10.2. The minimum Gasteiger partial charge on any atom is -0.481 e. The van der Waals surface area contributed by atoms with Crippen molar-refractivity contribution in [2.45, 2.75) is 0 Å². The Balaban J connectivity index is 0.000000169. The second kappa shape index (κ2) is 9.91. The Morgan fingerprint density at radius 1 is 0.862 bits per heavy atom. The van der Waals surface area contributed by atoms with Gasteiger partial charge in [-0.1, -0.05) is 48.0 Å². The van der Waals surface area contributed by atoms with Gasteiger partial charge in [0.15, 0.2) is 0 Å². The molecule has 2 heterocycles. The number of fused-ring (bicyclic) bond motifs is 2. The van der Waals surface area contributed by atoms with E-state index in [0.717, 1.165) is 34.0 Å². The molecule has 0 saturated carbocycles. The van der Waals surface area contributed by atoms with Crippen LogP contribution in [0.4, 0.5) is 5.69 Å². The van der Waals surface area contributed by atoms with Gasteiger partial charge >= 0.3 is 0 Å². The Labute approximate surface area is 174 Å². The highest BCUT2D eigenvalue weighted by Gasteiger charge is 2.05. The van der Waals surface area contributed by atoms with Crippen molar-refractivity contribution in [1.29, 1.82) is 0 Å².